The number of nitrogens with zero attached hydrogens (tertiary/aromatic N) is 2. The van der Waals surface area contributed by atoms with E-state index in [1.807, 2.05) is 18.5 Å². The Morgan fingerprint density at radius 1 is 1.29 bits per heavy atom. The van der Waals surface area contributed by atoms with Gasteiger partial charge in [-0.15, -0.1) is 0 Å². The van der Waals surface area contributed by atoms with E-state index in [0.717, 1.165) is 22.4 Å². The van der Waals surface area contributed by atoms with Gasteiger partial charge >= 0.3 is 0 Å². The highest BCUT2D eigenvalue weighted by Crippen LogP contribution is 2.14. The van der Waals surface area contributed by atoms with E-state index in [1.54, 1.807) is 18.3 Å². The molecule has 0 unspecified atom stereocenters. The van der Waals surface area contributed by atoms with Crippen molar-refractivity contribution in [1.29, 1.82) is 0 Å². The zero-order valence-corrected chi connectivity index (χ0v) is 10.1. The summed E-state index contributed by atoms with van der Waals surface area (Å²) in [5.41, 5.74) is 9.67. The molecule has 4 heteroatoms. The fourth-order valence-corrected chi connectivity index (χ4v) is 1.82. The second-order valence-corrected chi connectivity index (χ2v) is 4.19. The number of nitrogens with two attached hydrogens (primary N) is 1. The Labute approximate surface area is 100 Å². The van der Waals surface area contributed by atoms with E-state index >= 15 is 0 Å². The van der Waals surface area contributed by atoms with Gasteiger partial charge in [0.2, 0.25) is 0 Å². The molecule has 0 bridgehead atoms. The summed E-state index contributed by atoms with van der Waals surface area (Å²) in [6.45, 7) is 5.00. The van der Waals surface area contributed by atoms with Crippen molar-refractivity contribution >= 4 is 0 Å². The van der Waals surface area contributed by atoms with Crippen molar-refractivity contribution in [2.24, 2.45) is 5.73 Å². The molecule has 0 fully saturated rings. The highest BCUT2D eigenvalue weighted by atomic mass is 19.1. The number of halogens is 1. The van der Waals surface area contributed by atoms with E-state index in [9.17, 15) is 4.39 Å². The number of benzene rings is 1. The standard InChI is InChI=1S/C13H16FN3/c1-9-3-4-13(14)5-11(9)8-17-10(2)12(6-15)7-16-17/h3-5,7H,6,8,15H2,1-2H3. The molecule has 0 atom stereocenters. The molecule has 0 saturated heterocycles. The van der Waals surface area contributed by atoms with Gasteiger partial charge in [0.25, 0.3) is 0 Å². The van der Waals surface area contributed by atoms with Crippen LogP contribution in [0, 0.1) is 19.7 Å². The molecular weight excluding hydrogens is 217 g/mol. The van der Waals surface area contributed by atoms with Crippen molar-refractivity contribution < 1.29 is 4.39 Å². The van der Waals surface area contributed by atoms with Gasteiger partial charge in [0.05, 0.1) is 12.7 Å². The van der Waals surface area contributed by atoms with Crippen molar-refractivity contribution in [1.82, 2.24) is 9.78 Å². The molecule has 90 valence electrons. The summed E-state index contributed by atoms with van der Waals surface area (Å²) in [6.07, 6.45) is 1.77. The Morgan fingerprint density at radius 3 is 2.71 bits per heavy atom. The van der Waals surface area contributed by atoms with Crippen LogP contribution in [0.4, 0.5) is 4.39 Å². The second-order valence-electron chi connectivity index (χ2n) is 4.19. The van der Waals surface area contributed by atoms with Gasteiger partial charge in [-0.1, -0.05) is 6.07 Å². The van der Waals surface area contributed by atoms with Gasteiger partial charge in [-0.2, -0.15) is 5.10 Å². The van der Waals surface area contributed by atoms with Gasteiger partial charge < -0.3 is 5.73 Å². The van der Waals surface area contributed by atoms with Gasteiger partial charge in [0.1, 0.15) is 5.82 Å². The highest BCUT2D eigenvalue weighted by molar-refractivity contribution is 5.27. The number of aromatic nitrogens is 2. The van der Waals surface area contributed by atoms with Gasteiger partial charge in [-0.3, -0.25) is 4.68 Å². The first kappa shape index (κ1) is 11.8. The third kappa shape index (κ3) is 2.36. The molecule has 0 radical (unpaired) electrons. The average molecular weight is 233 g/mol. The zero-order valence-electron chi connectivity index (χ0n) is 10.1. The molecule has 0 aliphatic heterocycles. The Morgan fingerprint density at radius 2 is 2.06 bits per heavy atom. The molecule has 17 heavy (non-hydrogen) atoms. The third-order valence-corrected chi connectivity index (χ3v) is 3.06. The highest BCUT2D eigenvalue weighted by Gasteiger charge is 2.07. The summed E-state index contributed by atoms with van der Waals surface area (Å²) >= 11 is 0. The number of hydrogen-bond donors (Lipinski definition) is 1. The minimum atomic E-state index is -0.213. The first-order valence-corrected chi connectivity index (χ1v) is 5.58. The van der Waals surface area contributed by atoms with Crippen molar-refractivity contribution in [3.05, 3.63) is 52.6 Å². The Bertz CT molecular complexity index is 531. The number of aryl methyl sites for hydroxylation is 1. The smallest absolute Gasteiger partial charge is 0.123 e. The van der Waals surface area contributed by atoms with E-state index in [0.29, 0.717) is 13.1 Å². The molecule has 0 saturated carbocycles. The fraction of sp³-hybridized carbons (Fsp3) is 0.308. The Hall–Kier alpha value is -1.68. The molecule has 3 nitrogen and oxygen atoms in total. The minimum Gasteiger partial charge on any atom is -0.326 e. The molecule has 0 amide bonds. The molecule has 2 rings (SSSR count). The van der Waals surface area contributed by atoms with Crippen LogP contribution in [0.5, 0.6) is 0 Å². The van der Waals surface area contributed by atoms with Crippen LogP contribution in [0.25, 0.3) is 0 Å². The van der Waals surface area contributed by atoms with E-state index in [4.69, 9.17) is 5.73 Å². The molecule has 1 heterocycles. The van der Waals surface area contributed by atoms with Crippen LogP contribution in [0.15, 0.2) is 24.4 Å². The normalized spacial score (nSPS) is 10.8. The lowest BCUT2D eigenvalue weighted by Gasteiger charge is -2.08. The predicted molar refractivity (Wildman–Crippen MR) is 65.1 cm³/mol. The van der Waals surface area contributed by atoms with Gasteiger partial charge in [0.15, 0.2) is 0 Å². The summed E-state index contributed by atoms with van der Waals surface area (Å²) in [6, 6.07) is 4.81. The maximum atomic E-state index is 13.2. The molecule has 0 aliphatic carbocycles. The summed E-state index contributed by atoms with van der Waals surface area (Å²) < 4.78 is 15.0. The van der Waals surface area contributed by atoms with Crippen molar-refractivity contribution in [3.63, 3.8) is 0 Å². The van der Waals surface area contributed by atoms with E-state index < -0.39 is 0 Å². The van der Waals surface area contributed by atoms with Crippen LogP contribution >= 0.6 is 0 Å². The SMILES string of the molecule is Cc1ccc(F)cc1Cn1ncc(CN)c1C. The Balaban J connectivity index is 2.31. The molecule has 1 aromatic carbocycles. The maximum Gasteiger partial charge on any atom is 0.123 e. The molecule has 0 spiro atoms. The lowest BCUT2D eigenvalue weighted by Crippen LogP contribution is -2.07. The average Bonchev–Trinajstić information content (AvgIpc) is 2.65. The Kier molecular flexibility index (Phi) is 3.24. The summed E-state index contributed by atoms with van der Waals surface area (Å²) in [5.74, 6) is -0.213. The van der Waals surface area contributed by atoms with E-state index in [1.165, 1.54) is 6.07 Å². The number of rotatable bonds is 3. The monoisotopic (exact) mass is 233 g/mol. The van der Waals surface area contributed by atoms with Crippen LogP contribution in [-0.4, -0.2) is 9.78 Å². The maximum absolute atomic E-state index is 13.2. The first-order chi connectivity index (χ1) is 8.11. The lowest BCUT2D eigenvalue weighted by atomic mass is 10.1. The van der Waals surface area contributed by atoms with E-state index in [2.05, 4.69) is 5.10 Å². The molecule has 0 aliphatic rings. The van der Waals surface area contributed by atoms with Gasteiger partial charge in [-0.05, 0) is 37.1 Å². The van der Waals surface area contributed by atoms with Crippen molar-refractivity contribution in [3.8, 4) is 0 Å². The largest absolute Gasteiger partial charge is 0.326 e. The predicted octanol–water partition coefficient (Wildman–Crippen LogP) is 2.15. The van der Waals surface area contributed by atoms with Crippen LogP contribution in [0.1, 0.15) is 22.4 Å². The van der Waals surface area contributed by atoms with Crippen molar-refractivity contribution in [2.75, 3.05) is 0 Å². The first-order valence-electron chi connectivity index (χ1n) is 5.58. The lowest BCUT2D eigenvalue weighted by molar-refractivity contribution is 0.615. The molecule has 2 aromatic rings. The fourth-order valence-electron chi connectivity index (χ4n) is 1.82. The zero-order chi connectivity index (χ0) is 12.4. The topological polar surface area (TPSA) is 43.8 Å². The third-order valence-electron chi connectivity index (χ3n) is 3.06. The minimum absolute atomic E-state index is 0.213. The van der Waals surface area contributed by atoms with Crippen LogP contribution in [0.2, 0.25) is 0 Å². The molecule has 1 aromatic heterocycles. The molecule has 2 N–H and O–H groups in total. The van der Waals surface area contributed by atoms with Crippen LogP contribution in [-0.2, 0) is 13.1 Å². The molecular formula is C13H16FN3. The van der Waals surface area contributed by atoms with Crippen LogP contribution < -0.4 is 5.73 Å². The van der Waals surface area contributed by atoms with E-state index in [-0.39, 0.29) is 5.82 Å². The summed E-state index contributed by atoms with van der Waals surface area (Å²) in [4.78, 5) is 0. The van der Waals surface area contributed by atoms with Crippen LogP contribution in [0.3, 0.4) is 0 Å². The number of hydrogen-bond acceptors (Lipinski definition) is 2. The van der Waals surface area contributed by atoms with Crippen molar-refractivity contribution in [2.45, 2.75) is 26.9 Å². The van der Waals surface area contributed by atoms with Gasteiger partial charge in [0, 0.05) is 17.8 Å². The second kappa shape index (κ2) is 4.67. The van der Waals surface area contributed by atoms with Gasteiger partial charge in [-0.25, -0.2) is 4.39 Å². The quantitative estimate of drug-likeness (QED) is 0.882. The summed E-state index contributed by atoms with van der Waals surface area (Å²) in [7, 11) is 0. The summed E-state index contributed by atoms with van der Waals surface area (Å²) in [5, 5.41) is 4.27.